The molecule has 1 fully saturated rings. The number of aliphatic hydroxyl groups is 1. The molecule has 18 heavy (non-hydrogen) atoms. The maximum absolute atomic E-state index is 9.54. The lowest BCUT2D eigenvalue weighted by molar-refractivity contribution is 0.240. The lowest BCUT2D eigenvalue weighted by atomic mass is 10.0. The molecule has 2 aromatic rings. The van der Waals surface area contributed by atoms with Crippen molar-refractivity contribution in [2.24, 2.45) is 0 Å². The number of rotatable bonds is 2. The van der Waals surface area contributed by atoms with Crippen LogP contribution in [-0.4, -0.2) is 29.3 Å². The Bertz CT molecular complexity index is 536. The molecule has 0 saturated carbocycles. The minimum atomic E-state index is 0.233. The van der Waals surface area contributed by atoms with Gasteiger partial charge in [0.25, 0.3) is 0 Å². The Morgan fingerprint density at radius 3 is 3.00 bits per heavy atom. The van der Waals surface area contributed by atoms with Crippen molar-refractivity contribution in [1.29, 1.82) is 0 Å². The van der Waals surface area contributed by atoms with Crippen molar-refractivity contribution in [3.05, 3.63) is 36.5 Å². The zero-order valence-electron chi connectivity index (χ0n) is 10.4. The van der Waals surface area contributed by atoms with Crippen LogP contribution < -0.4 is 4.90 Å². The predicted molar refractivity (Wildman–Crippen MR) is 73.8 cm³/mol. The normalized spacial score (nSPS) is 20.3. The second kappa shape index (κ2) is 4.94. The molecule has 1 aromatic heterocycles. The van der Waals surface area contributed by atoms with Gasteiger partial charge in [0.2, 0.25) is 0 Å². The topological polar surface area (TPSA) is 36.4 Å². The average Bonchev–Trinajstić information content (AvgIpc) is 2.46. The summed E-state index contributed by atoms with van der Waals surface area (Å²) in [6.07, 6.45) is 5.35. The van der Waals surface area contributed by atoms with Crippen LogP contribution in [0.1, 0.15) is 19.3 Å². The third-order valence-electron chi connectivity index (χ3n) is 3.77. The third kappa shape index (κ3) is 1.95. The largest absolute Gasteiger partial charge is 0.394 e. The Kier molecular flexibility index (Phi) is 3.15. The number of aliphatic hydroxyl groups excluding tert-OH is 1. The van der Waals surface area contributed by atoms with Crippen LogP contribution in [0.4, 0.5) is 5.69 Å². The average molecular weight is 242 g/mol. The summed E-state index contributed by atoms with van der Waals surface area (Å²) in [6, 6.07) is 10.5. The zero-order valence-corrected chi connectivity index (χ0v) is 10.4. The lowest BCUT2D eigenvalue weighted by Gasteiger charge is -2.37. The lowest BCUT2D eigenvalue weighted by Crippen LogP contribution is -2.42. The van der Waals surface area contributed by atoms with Gasteiger partial charge in [-0.3, -0.25) is 4.98 Å². The van der Waals surface area contributed by atoms with Gasteiger partial charge in [0.1, 0.15) is 0 Å². The molecule has 1 atom stereocenters. The fourth-order valence-electron chi connectivity index (χ4n) is 2.84. The van der Waals surface area contributed by atoms with Crippen LogP contribution in [0.3, 0.4) is 0 Å². The highest BCUT2D eigenvalue weighted by Crippen LogP contribution is 2.30. The maximum Gasteiger partial charge on any atom is 0.0722 e. The number of hydrogen-bond acceptors (Lipinski definition) is 3. The molecule has 0 aliphatic carbocycles. The Balaban J connectivity index is 2.07. The van der Waals surface area contributed by atoms with Crippen molar-refractivity contribution in [2.75, 3.05) is 18.1 Å². The molecule has 2 heterocycles. The maximum atomic E-state index is 9.54. The van der Waals surface area contributed by atoms with Crippen molar-refractivity contribution in [3.8, 4) is 0 Å². The number of para-hydroxylation sites is 1. The number of aromatic nitrogens is 1. The Morgan fingerprint density at radius 1 is 1.22 bits per heavy atom. The molecule has 0 radical (unpaired) electrons. The fourth-order valence-corrected chi connectivity index (χ4v) is 2.84. The SMILES string of the molecule is OCC1CCCCN1c1ccnc2ccccc12. The van der Waals surface area contributed by atoms with E-state index in [0.717, 1.165) is 18.5 Å². The first-order chi connectivity index (χ1) is 8.90. The van der Waals surface area contributed by atoms with E-state index in [1.54, 1.807) is 0 Å². The Morgan fingerprint density at radius 2 is 2.11 bits per heavy atom. The molecule has 1 N–H and O–H groups in total. The van der Waals surface area contributed by atoms with E-state index in [4.69, 9.17) is 0 Å². The number of anilines is 1. The first-order valence-electron chi connectivity index (χ1n) is 6.61. The van der Waals surface area contributed by atoms with Gasteiger partial charge in [-0.15, -0.1) is 0 Å². The smallest absolute Gasteiger partial charge is 0.0722 e. The minimum Gasteiger partial charge on any atom is -0.394 e. The molecule has 1 saturated heterocycles. The van der Waals surface area contributed by atoms with Crippen molar-refractivity contribution in [2.45, 2.75) is 25.3 Å². The Labute approximate surface area is 107 Å². The quantitative estimate of drug-likeness (QED) is 0.879. The summed E-state index contributed by atoms with van der Waals surface area (Å²) in [4.78, 5) is 6.74. The van der Waals surface area contributed by atoms with E-state index in [9.17, 15) is 5.11 Å². The molecule has 94 valence electrons. The number of piperidine rings is 1. The van der Waals surface area contributed by atoms with Gasteiger partial charge in [-0.1, -0.05) is 18.2 Å². The van der Waals surface area contributed by atoms with E-state index in [1.807, 2.05) is 24.4 Å². The van der Waals surface area contributed by atoms with Crippen LogP contribution in [0.25, 0.3) is 10.9 Å². The van der Waals surface area contributed by atoms with Gasteiger partial charge in [-0.05, 0) is 31.4 Å². The zero-order chi connectivity index (χ0) is 12.4. The molecule has 1 unspecified atom stereocenters. The van der Waals surface area contributed by atoms with Gasteiger partial charge < -0.3 is 10.0 Å². The van der Waals surface area contributed by atoms with E-state index >= 15 is 0 Å². The third-order valence-corrected chi connectivity index (χ3v) is 3.77. The monoisotopic (exact) mass is 242 g/mol. The standard InChI is InChI=1S/C15H18N2O/c18-11-12-5-3-4-10-17(12)15-8-9-16-14-7-2-1-6-13(14)15/h1-2,6-9,12,18H,3-5,10-11H2. The van der Waals surface area contributed by atoms with E-state index in [0.29, 0.717) is 0 Å². The molecular formula is C15H18N2O. The molecule has 1 aromatic carbocycles. The van der Waals surface area contributed by atoms with E-state index < -0.39 is 0 Å². The van der Waals surface area contributed by atoms with Gasteiger partial charge in [0, 0.05) is 23.8 Å². The number of hydrogen-bond donors (Lipinski definition) is 1. The highest BCUT2D eigenvalue weighted by Gasteiger charge is 2.23. The highest BCUT2D eigenvalue weighted by molar-refractivity contribution is 5.91. The van der Waals surface area contributed by atoms with Crippen LogP contribution in [0.5, 0.6) is 0 Å². The van der Waals surface area contributed by atoms with Gasteiger partial charge in [-0.25, -0.2) is 0 Å². The second-order valence-corrected chi connectivity index (χ2v) is 4.87. The number of nitrogens with zero attached hydrogens (tertiary/aromatic N) is 2. The van der Waals surface area contributed by atoms with Crippen LogP contribution in [0.15, 0.2) is 36.5 Å². The summed E-state index contributed by atoms with van der Waals surface area (Å²) >= 11 is 0. The van der Waals surface area contributed by atoms with Crippen molar-refractivity contribution in [3.63, 3.8) is 0 Å². The molecule has 0 spiro atoms. The van der Waals surface area contributed by atoms with Crippen molar-refractivity contribution in [1.82, 2.24) is 4.98 Å². The first-order valence-corrected chi connectivity index (χ1v) is 6.61. The fraction of sp³-hybridized carbons (Fsp3) is 0.400. The van der Waals surface area contributed by atoms with Crippen LogP contribution in [-0.2, 0) is 0 Å². The summed E-state index contributed by atoms with van der Waals surface area (Å²) in [5, 5.41) is 10.7. The molecule has 3 rings (SSSR count). The predicted octanol–water partition coefficient (Wildman–Crippen LogP) is 2.59. The van der Waals surface area contributed by atoms with Gasteiger partial charge in [-0.2, -0.15) is 0 Å². The molecular weight excluding hydrogens is 224 g/mol. The highest BCUT2D eigenvalue weighted by atomic mass is 16.3. The summed E-state index contributed by atoms with van der Waals surface area (Å²) in [5.41, 5.74) is 2.23. The minimum absolute atomic E-state index is 0.233. The number of fused-ring (bicyclic) bond motifs is 1. The van der Waals surface area contributed by atoms with Crippen LogP contribution in [0, 0.1) is 0 Å². The van der Waals surface area contributed by atoms with Crippen molar-refractivity contribution >= 4 is 16.6 Å². The summed E-state index contributed by atoms with van der Waals surface area (Å²) < 4.78 is 0. The summed E-state index contributed by atoms with van der Waals surface area (Å²) in [7, 11) is 0. The molecule has 3 nitrogen and oxygen atoms in total. The van der Waals surface area contributed by atoms with E-state index in [-0.39, 0.29) is 12.6 Å². The summed E-state index contributed by atoms with van der Waals surface area (Å²) in [5.74, 6) is 0. The van der Waals surface area contributed by atoms with Crippen LogP contribution in [0.2, 0.25) is 0 Å². The molecule has 1 aliphatic heterocycles. The number of pyridine rings is 1. The van der Waals surface area contributed by atoms with Gasteiger partial charge in [0.15, 0.2) is 0 Å². The van der Waals surface area contributed by atoms with Crippen LogP contribution >= 0.6 is 0 Å². The molecule has 0 amide bonds. The molecule has 3 heteroatoms. The molecule has 0 bridgehead atoms. The number of benzene rings is 1. The van der Waals surface area contributed by atoms with Gasteiger partial charge >= 0.3 is 0 Å². The second-order valence-electron chi connectivity index (χ2n) is 4.87. The molecule has 1 aliphatic rings. The van der Waals surface area contributed by atoms with Crippen molar-refractivity contribution < 1.29 is 5.11 Å². The van der Waals surface area contributed by atoms with E-state index in [2.05, 4.69) is 22.0 Å². The summed E-state index contributed by atoms with van der Waals surface area (Å²) in [6.45, 7) is 1.26. The van der Waals surface area contributed by atoms with E-state index in [1.165, 1.54) is 23.9 Å². The first kappa shape index (κ1) is 11.5. The van der Waals surface area contributed by atoms with Gasteiger partial charge in [0.05, 0.1) is 18.2 Å². The Hall–Kier alpha value is -1.61.